The Morgan fingerprint density at radius 2 is 1.16 bits per heavy atom. The summed E-state index contributed by atoms with van der Waals surface area (Å²) in [7, 11) is -5.23. The second-order valence-corrected chi connectivity index (χ2v) is 9.84. The van der Waals surface area contributed by atoms with Crippen LogP contribution in [0.15, 0.2) is 0 Å². The Labute approximate surface area is 280 Å². The summed E-state index contributed by atoms with van der Waals surface area (Å²) >= 11 is 0. The summed E-state index contributed by atoms with van der Waals surface area (Å²) < 4.78 is 34.1. The van der Waals surface area contributed by atoms with E-state index in [0.29, 0.717) is 25.7 Å². The minimum atomic E-state index is -5.23. The van der Waals surface area contributed by atoms with Gasteiger partial charge < -0.3 is 19.8 Å². The predicted octanol–water partition coefficient (Wildman–Crippen LogP) is -3.27. The van der Waals surface area contributed by atoms with E-state index in [0.717, 1.165) is 38.5 Å². The van der Waals surface area contributed by atoms with Crippen LogP contribution in [0.3, 0.4) is 0 Å². The number of rotatable bonds is 18. The van der Waals surface area contributed by atoms with Gasteiger partial charge in [-0.3, -0.25) is 4.55 Å². The first-order valence-electron chi connectivity index (χ1n) is 11.4. The molecule has 3 unspecified atom stereocenters. The Balaban J connectivity index is -0.00000420. The van der Waals surface area contributed by atoms with Crippen molar-refractivity contribution in [3.63, 3.8) is 0 Å². The number of aliphatic carboxylic acids is 2. The van der Waals surface area contributed by atoms with Crippen molar-refractivity contribution < 1.29 is 136 Å². The molecule has 0 aromatic rings. The molecular formula is C22H40K2O7S. The average Bonchev–Trinajstić information content (AvgIpc) is 2.65. The van der Waals surface area contributed by atoms with Gasteiger partial charge >= 0.3 is 103 Å². The molecule has 0 aliphatic rings. The maximum Gasteiger partial charge on any atom is 1.00 e. The molecule has 32 heavy (non-hydrogen) atoms. The molecule has 7 nitrogen and oxygen atoms in total. The summed E-state index contributed by atoms with van der Waals surface area (Å²) in [6.07, 6.45) is 8.08. The quantitative estimate of drug-likeness (QED) is 0.112. The first-order chi connectivity index (χ1) is 14.0. The van der Waals surface area contributed by atoms with E-state index in [1.54, 1.807) is 13.8 Å². The smallest absolute Gasteiger partial charge is 0.549 e. The van der Waals surface area contributed by atoms with Crippen molar-refractivity contribution in [2.24, 2.45) is 17.3 Å². The Bertz CT molecular complexity index is 606. The summed E-state index contributed by atoms with van der Waals surface area (Å²) in [5, 5.41) is 22.0. The zero-order valence-corrected chi connectivity index (χ0v) is 28.1. The third-order valence-corrected chi connectivity index (χ3v) is 7.63. The molecule has 178 valence electrons. The van der Waals surface area contributed by atoms with Gasteiger partial charge in [-0.05, 0) is 24.7 Å². The zero-order valence-electron chi connectivity index (χ0n) is 21.0. The molecule has 3 atom stereocenters. The molecule has 0 aromatic carbocycles. The van der Waals surface area contributed by atoms with Crippen molar-refractivity contribution in [1.82, 2.24) is 0 Å². The monoisotopic (exact) mass is 526 g/mol. The molecule has 0 spiro atoms. The summed E-state index contributed by atoms with van der Waals surface area (Å²) in [6.45, 7) is 7.53. The Hall–Kier alpha value is 2.12. The normalized spacial score (nSPS) is 16.0. The fourth-order valence-corrected chi connectivity index (χ4v) is 6.18. The maximum absolute atomic E-state index is 12.6. The molecule has 0 saturated carbocycles. The van der Waals surface area contributed by atoms with Crippen LogP contribution in [0.5, 0.6) is 0 Å². The molecule has 0 amide bonds. The van der Waals surface area contributed by atoms with Gasteiger partial charge in [0.15, 0.2) is 0 Å². The third kappa shape index (κ3) is 11.5. The van der Waals surface area contributed by atoms with Crippen molar-refractivity contribution in [2.45, 2.75) is 110 Å². The van der Waals surface area contributed by atoms with Crippen molar-refractivity contribution in [3.8, 4) is 0 Å². The van der Waals surface area contributed by atoms with Gasteiger partial charge in [0.25, 0.3) is 10.1 Å². The number of hydrogen-bond donors (Lipinski definition) is 1. The zero-order chi connectivity index (χ0) is 23.4. The van der Waals surface area contributed by atoms with Gasteiger partial charge in [0.05, 0.1) is 5.97 Å². The van der Waals surface area contributed by atoms with E-state index >= 15 is 0 Å². The Morgan fingerprint density at radius 3 is 1.38 bits per heavy atom. The van der Waals surface area contributed by atoms with Gasteiger partial charge in [0.1, 0.15) is 5.25 Å². The second kappa shape index (κ2) is 20.2. The first kappa shape index (κ1) is 38.6. The maximum atomic E-state index is 12.6. The third-order valence-electron chi connectivity index (χ3n) is 6.45. The minimum Gasteiger partial charge on any atom is -0.549 e. The molecule has 0 saturated heterocycles. The van der Waals surface area contributed by atoms with Crippen molar-refractivity contribution >= 4 is 22.1 Å². The molecule has 0 aliphatic heterocycles. The topological polar surface area (TPSA) is 135 Å². The Kier molecular flexibility index (Phi) is 24.4. The molecule has 0 aromatic heterocycles. The van der Waals surface area contributed by atoms with E-state index in [-0.39, 0.29) is 116 Å². The van der Waals surface area contributed by atoms with E-state index in [9.17, 15) is 32.8 Å². The van der Waals surface area contributed by atoms with Crippen LogP contribution >= 0.6 is 0 Å². The molecule has 10 heteroatoms. The summed E-state index contributed by atoms with van der Waals surface area (Å²) in [5.74, 6) is -5.33. The average molecular weight is 527 g/mol. The molecule has 0 aliphatic carbocycles. The number of carbonyl (C=O) groups excluding carboxylic acids is 2. The molecule has 1 N–H and O–H groups in total. The van der Waals surface area contributed by atoms with Crippen molar-refractivity contribution in [2.75, 3.05) is 0 Å². The van der Waals surface area contributed by atoms with Crippen LogP contribution in [0.4, 0.5) is 0 Å². The van der Waals surface area contributed by atoms with Crippen molar-refractivity contribution in [1.29, 1.82) is 0 Å². The predicted molar refractivity (Wildman–Crippen MR) is 113 cm³/mol. The van der Waals surface area contributed by atoms with Gasteiger partial charge in [-0.2, -0.15) is 8.42 Å². The fraction of sp³-hybridized carbons (Fsp3) is 0.909. The van der Waals surface area contributed by atoms with Crippen LogP contribution in [0.25, 0.3) is 0 Å². The van der Waals surface area contributed by atoms with Crippen LogP contribution in [0.1, 0.15) is 105 Å². The van der Waals surface area contributed by atoms with Gasteiger partial charge in [-0.1, -0.05) is 91.9 Å². The molecular weight excluding hydrogens is 486 g/mol. The molecule has 0 bridgehead atoms. The largest absolute Gasteiger partial charge is 1.00 e. The SMILES string of the molecule is CCCCCCC(CC)C(C(=O)[O-])(C(CC)CCCCCC)C(C(=O)[O-])S(=O)(=O)O.[K+].[K+]. The van der Waals surface area contributed by atoms with E-state index in [1.807, 2.05) is 13.8 Å². The molecule has 0 fully saturated rings. The number of hydrogen-bond acceptors (Lipinski definition) is 6. The van der Waals surface area contributed by atoms with E-state index in [1.165, 1.54) is 0 Å². The molecule has 0 heterocycles. The number of carboxylic acids is 2. The van der Waals surface area contributed by atoms with E-state index in [4.69, 9.17) is 0 Å². The number of carbonyl (C=O) groups is 2. The summed E-state index contributed by atoms with van der Waals surface area (Å²) in [6, 6.07) is 0. The van der Waals surface area contributed by atoms with Gasteiger partial charge in [-0.15, -0.1) is 0 Å². The summed E-state index contributed by atoms with van der Waals surface area (Å²) in [4.78, 5) is 24.6. The molecule has 0 rings (SSSR count). The van der Waals surface area contributed by atoms with Gasteiger partial charge in [0.2, 0.25) is 0 Å². The van der Waals surface area contributed by atoms with Crippen LogP contribution < -0.4 is 113 Å². The van der Waals surface area contributed by atoms with Gasteiger partial charge in [-0.25, -0.2) is 0 Å². The number of unbranched alkanes of at least 4 members (excludes halogenated alkanes) is 6. The number of carboxylic acid groups (broad SMARTS) is 2. The molecule has 0 radical (unpaired) electrons. The standard InChI is InChI=1S/C22H42O7S.2K/c1-5-9-11-13-15-17(7-3)22(21(25)26,19(20(23)24)30(27,28)29)18(8-4)16-14-12-10-6-2;;/h17-19H,5-16H2,1-4H3,(H,23,24)(H,25,26)(H,27,28,29);;/q;2*+1/p-2. The van der Waals surface area contributed by atoms with Crippen molar-refractivity contribution in [3.05, 3.63) is 0 Å². The Morgan fingerprint density at radius 1 is 0.781 bits per heavy atom. The first-order valence-corrected chi connectivity index (χ1v) is 12.9. The van der Waals surface area contributed by atoms with Crippen LogP contribution in [-0.2, 0) is 19.7 Å². The van der Waals surface area contributed by atoms with E-state index in [2.05, 4.69) is 0 Å². The fourth-order valence-electron chi connectivity index (χ4n) is 4.96. The van der Waals surface area contributed by atoms with Gasteiger partial charge in [0, 0.05) is 11.4 Å². The van der Waals surface area contributed by atoms with Crippen LogP contribution in [0.2, 0.25) is 0 Å². The summed E-state index contributed by atoms with van der Waals surface area (Å²) in [5.41, 5.74) is -2.24. The van der Waals surface area contributed by atoms with Crippen LogP contribution in [0, 0.1) is 17.3 Å². The second-order valence-electron chi connectivity index (χ2n) is 8.34. The van der Waals surface area contributed by atoms with E-state index < -0.39 is 44.6 Å². The van der Waals surface area contributed by atoms with Crippen LogP contribution in [-0.4, -0.2) is 30.2 Å². The minimum absolute atomic E-state index is 0.